The molecular weight excluding hydrogens is 654 g/mol. The Hall–Kier alpha value is -4.73. The largest absolute Gasteiger partial charge is 0.494 e. The van der Waals surface area contributed by atoms with Crippen LogP contribution in [0.15, 0.2) is 98.1 Å². The molecule has 3 saturated heterocycles. The molecule has 2 bridgehead atoms. The first-order valence-electron chi connectivity index (χ1n) is 18.3. The molecule has 52 heavy (non-hydrogen) atoms. The highest BCUT2D eigenvalue weighted by molar-refractivity contribution is 6.07. The lowest BCUT2D eigenvalue weighted by Gasteiger charge is -2.40. The molecule has 0 saturated carbocycles. The minimum Gasteiger partial charge on any atom is -0.494 e. The maximum absolute atomic E-state index is 15.4. The summed E-state index contributed by atoms with van der Waals surface area (Å²) in [5.41, 5.74) is 1.76. The Morgan fingerprint density at radius 3 is 2.21 bits per heavy atom. The number of aliphatic hydroxyl groups excluding tert-OH is 1. The lowest BCUT2D eigenvalue weighted by Crippen LogP contribution is -2.59. The highest BCUT2D eigenvalue weighted by atomic mass is 16.5. The van der Waals surface area contributed by atoms with Crippen LogP contribution in [0.2, 0.25) is 0 Å². The molecule has 3 aromatic rings. The van der Waals surface area contributed by atoms with Crippen molar-refractivity contribution in [1.82, 2.24) is 4.90 Å². The van der Waals surface area contributed by atoms with Crippen LogP contribution in [0.3, 0.4) is 0 Å². The smallest absolute Gasteiger partial charge is 0.253 e. The van der Waals surface area contributed by atoms with Crippen molar-refractivity contribution in [2.45, 2.75) is 70.7 Å². The zero-order valence-corrected chi connectivity index (χ0v) is 31.0. The second kappa shape index (κ2) is 14.7. The summed E-state index contributed by atoms with van der Waals surface area (Å²) in [4.78, 5) is 50.7. The summed E-state index contributed by atoms with van der Waals surface area (Å²) < 4.78 is 12.8. The Bertz CT molecular complexity index is 1810. The van der Waals surface area contributed by atoms with Crippen LogP contribution < -0.4 is 14.5 Å². The lowest BCUT2D eigenvalue weighted by molar-refractivity contribution is -0.149. The second-order valence-electron chi connectivity index (χ2n) is 14.6. The van der Waals surface area contributed by atoms with Crippen LogP contribution in [0.5, 0.6) is 5.75 Å². The number of amides is 3. The molecule has 3 heterocycles. The van der Waals surface area contributed by atoms with Crippen LogP contribution in [-0.2, 0) is 25.5 Å². The van der Waals surface area contributed by atoms with Crippen molar-refractivity contribution in [2.24, 2.45) is 17.8 Å². The van der Waals surface area contributed by atoms with E-state index in [4.69, 9.17) is 9.47 Å². The number of anilines is 2. The fourth-order valence-electron chi connectivity index (χ4n) is 9.17. The van der Waals surface area contributed by atoms with Crippen LogP contribution in [-0.4, -0.2) is 77.3 Å². The SMILES string of the molecule is C=CCN(C(=O)[C@@H]1[C@H]2C(=O)N([C@@H](CO)Cc3ccccc3)C(C(=O)N(CC=C)c3c(C)cccc3C)C23CC(C)[C@@]1(C)O3)c1ccc(OCC)cc1. The van der Waals surface area contributed by atoms with Gasteiger partial charge < -0.3 is 29.3 Å². The number of carbonyl (C=O) groups excluding carboxylic acids is 3. The average molecular weight is 706 g/mol. The van der Waals surface area contributed by atoms with Crippen molar-refractivity contribution in [1.29, 1.82) is 0 Å². The number of fused-ring (bicyclic) bond motifs is 1. The number of carbonyl (C=O) groups is 3. The summed E-state index contributed by atoms with van der Waals surface area (Å²) >= 11 is 0. The number of para-hydroxylation sites is 1. The zero-order chi connectivity index (χ0) is 37.4. The van der Waals surface area contributed by atoms with E-state index < -0.39 is 35.1 Å². The fourth-order valence-corrected chi connectivity index (χ4v) is 9.17. The molecule has 0 aliphatic carbocycles. The van der Waals surface area contributed by atoms with Crippen molar-refractivity contribution in [3.8, 4) is 5.75 Å². The molecule has 274 valence electrons. The number of rotatable bonds is 14. The van der Waals surface area contributed by atoms with E-state index in [0.717, 1.165) is 22.4 Å². The van der Waals surface area contributed by atoms with Gasteiger partial charge in [-0.2, -0.15) is 0 Å². The summed E-state index contributed by atoms with van der Waals surface area (Å²) in [7, 11) is 0. The lowest BCUT2D eigenvalue weighted by atomic mass is 9.62. The van der Waals surface area contributed by atoms with Crippen molar-refractivity contribution in [3.05, 3.63) is 115 Å². The van der Waals surface area contributed by atoms with Gasteiger partial charge in [0.1, 0.15) is 17.4 Å². The number of ether oxygens (including phenoxy) is 2. The van der Waals surface area contributed by atoms with E-state index in [9.17, 15) is 5.11 Å². The summed E-state index contributed by atoms with van der Waals surface area (Å²) in [6, 6.07) is 20.9. The summed E-state index contributed by atoms with van der Waals surface area (Å²) in [5.74, 6) is -2.29. The van der Waals surface area contributed by atoms with E-state index in [2.05, 4.69) is 13.2 Å². The number of likely N-dealkylation sites (tertiary alicyclic amines) is 1. The first-order valence-corrected chi connectivity index (χ1v) is 18.3. The minimum absolute atomic E-state index is 0.165. The van der Waals surface area contributed by atoms with Gasteiger partial charge in [0, 0.05) is 24.5 Å². The van der Waals surface area contributed by atoms with Crippen molar-refractivity contribution >= 4 is 29.1 Å². The molecule has 9 nitrogen and oxygen atoms in total. The number of hydrogen-bond donors (Lipinski definition) is 1. The van der Waals surface area contributed by atoms with Gasteiger partial charge in [0.05, 0.1) is 36.7 Å². The predicted octanol–water partition coefficient (Wildman–Crippen LogP) is 6.05. The fraction of sp³-hybridized carbons (Fsp3) is 0.419. The van der Waals surface area contributed by atoms with E-state index in [0.29, 0.717) is 30.9 Å². The van der Waals surface area contributed by atoms with Crippen molar-refractivity contribution < 1.29 is 29.0 Å². The zero-order valence-electron chi connectivity index (χ0n) is 31.0. The molecular formula is C43H51N3O6. The van der Waals surface area contributed by atoms with Gasteiger partial charge in [-0.25, -0.2) is 0 Å². The Balaban J connectivity index is 1.50. The third kappa shape index (κ3) is 6.03. The molecule has 9 heteroatoms. The maximum atomic E-state index is 15.4. The van der Waals surface area contributed by atoms with Gasteiger partial charge in [-0.3, -0.25) is 14.4 Å². The highest BCUT2D eigenvalue weighted by Gasteiger charge is 2.80. The van der Waals surface area contributed by atoms with Gasteiger partial charge >= 0.3 is 0 Å². The molecule has 3 aliphatic heterocycles. The predicted molar refractivity (Wildman–Crippen MR) is 203 cm³/mol. The normalized spacial score (nSPS) is 26.5. The molecule has 3 fully saturated rings. The Morgan fingerprint density at radius 2 is 1.62 bits per heavy atom. The average Bonchev–Trinajstić information content (AvgIpc) is 3.65. The van der Waals surface area contributed by atoms with Gasteiger partial charge in [0.25, 0.3) is 5.91 Å². The van der Waals surface area contributed by atoms with Crippen LogP contribution in [0, 0.1) is 31.6 Å². The Morgan fingerprint density at radius 1 is 0.981 bits per heavy atom. The molecule has 3 aromatic carbocycles. The van der Waals surface area contributed by atoms with Gasteiger partial charge in [-0.1, -0.05) is 67.6 Å². The van der Waals surface area contributed by atoms with Crippen LogP contribution in [0.1, 0.15) is 43.9 Å². The molecule has 6 rings (SSSR count). The van der Waals surface area contributed by atoms with E-state index in [1.165, 1.54) is 0 Å². The molecule has 7 atom stereocenters. The van der Waals surface area contributed by atoms with E-state index >= 15 is 14.4 Å². The topological polar surface area (TPSA) is 99.6 Å². The molecule has 1 spiro atoms. The number of nitrogens with zero attached hydrogens (tertiary/aromatic N) is 3. The Kier molecular flexibility index (Phi) is 10.5. The highest BCUT2D eigenvalue weighted by Crippen LogP contribution is 2.66. The third-order valence-electron chi connectivity index (χ3n) is 11.5. The van der Waals surface area contributed by atoms with Crippen molar-refractivity contribution in [2.75, 3.05) is 36.1 Å². The molecule has 1 N–H and O–H groups in total. The minimum atomic E-state index is -1.32. The molecule has 3 amide bonds. The number of aryl methyl sites for hydroxylation is 2. The van der Waals surface area contributed by atoms with Gasteiger partial charge in [0.2, 0.25) is 11.8 Å². The monoisotopic (exact) mass is 705 g/mol. The summed E-state index contributed by atoms with van der Waals surface area (Å²) in [6.45, 7) is 18.2. The molecule has 0 radical (unpaired) electrons. The number of benzene rings is 3. The van der Waals surface area contributed by atoms with Gasteiger partial charge in [-0.05, 0) is 87.4 Å². The van der Waals surface area contributed by atoms with Crippen molar-refractivity contribution in [3.63, 3.8) is 0 Å². The first-order chi connectivity index (χ1) is 25.0. The molecule has 0 aromatic heterocycles. The van der Waals surface area contributed by atoms with Gasteiger partial charge in [0.15, 0.2) is 0 Å². The van der Waals surface area contributed by atoms with E-state index in [1.807, 2.05) is 107 Å². The van der Waals surface area contributed by atoms with E-state index in [1.54, 1.807) is 26.9 Å². The van der Waals surface area contributed by atoms with E-state index in [-0.39, 0.29) is 43.3 Å². The quantitative estimate of drug-likeness (QED) is 0.205. The number of hydrogen-bond acceptors (Lipinski definition) is 6. The maximum Gasteiger partial charge on any atom is 0.253 e. The summed E-state index contributed by atoms with van der Waals surface area (Å²) in [5, 5.41) is 11.0. The van der Waals surface area contributed by atoms with Crippen LogP contribution >= 0.6 is 0 Å². The van der Waals surface area contributed by atoms with Gasteiger partial charge in [-0.15, -0.1) is 13.2 Å². The summed E-state index contributed by atoms with van der Waals surface area (Å²) in [6.07, 6.45) is 4.07. The van der Waals surface area contributed by atoms with Crippen LogP contribution in [0.4, 0.5) is 11.4 Å². The third-order valence-corrected chi connectivity index (χ3v) is 11.5. The first kappa shape index (κ1) is 37.0. The molecule has 3 aliphatic rings. The molecule has 3 unspecified atom stereocenters. The second-order valence-corrected chi connectivity index (χ2v) is 14.6. The van der Waals surface area contributed by atoms with Crippen LogP contribution in [0.25, 0.3) is 0 Å². The standard InChI is InChI=1S/C43H51N3O6/c1-8-23-44(32-19-21-34(22-20-32)51-10-3)39(48)35-36-40(49)46(33(27-47)25-31-17-12-11-13-18-31)38(43(36)26-30(6)42(35,7)52-43)41(50)45(24-9-2)37-28(4)15-14-16-29(37)5/h8-9,11-22,30,33,35-36,38,47H,1-2,10,23-27H2,3-7H3/t30?,33-,35+,36+,38?,42-,43?/m1/s1. The number of aliphatic hydroxyl groups is 1. The Labute approximate surface area is 307 Å².